The van der Waals surface area contributed by atoms with Gasteiger partial charge in [0.2, 0.25) is 0 Å². The van der Waals surface area contributed by atoms with E-state index in [1.807, 2.05) is 0 Å². The molecular formula is C12H12ClF3N2O2. The van der Waals surface area contributed by atoms with E-state index >= 15 is 0 Å². The van der Waals surface area contributed by atoms with Crippen LogP contribution >= 0.6 is 11.6 Å². The van der Waals surface area contributed by atoms with Gasteiger partial charge in [0.25, 0.3) is 0 Å². The molecular weight excluding hydrogens is 297 g/mol. The fraction of sp³-hybridized carbons (Fsp3) is 0.500. The van der Waals surface area contributed by atoms with Gasteiger partial charge in [-0.2, -0.15) is 13.2 Å². The minimum absolute atomic E-state index is 0.0472. The molecule has 0 radical (unpaired) electrons. The van der Waals surface area contributed by atoms with Gasteiger partial charge in [0.15, 0.2) is 0 Å². The highest BCUT2D eigenvalue weighted by atomic mass is 35.5. The molecule has 1 aliphatic rings. The van der Waals surface area contributed by atoms with Crippen LogP contribution < -0.4 is 4.90 Å². The zero-order valence-electron chi connectivity index (χ0n) is 10.3. The Hall–Kier alpha value is -1.50. The number of carbonyl (C=O) groups is 1. The molecule has 1 aromatic rings. The van der Waals surface area contributed by atoms with E-state index in [0.717, 1.165) is 0 Å². The maximum Gasteiger partial charge on any atom is 0.393 e. The molecule has 20 heavy (non-hydrogen) atoms. The van der Waals surface area contributed by atoms with Crippen molar-refractivity contribution in [3.8, 4) is 0 Å². The van der Waals surface area contributed by atoms with E-state index in [9.17, 15) is 18.0 Å². The van der Waals surface area contributed by atoms with Crippen molar-refractivity contribution >= 4 is 23.4 Å². The first kappa shape index (κ1) is 14.9. The molecule has 8 heteroatoms. The number of carboxylic acid groups (broad SMARTS) is 1. The van der Waals surface area contributed by atoms with Gasteiger partial charge in [-0.1, -0.05) is 11.6 Å². The third-order valence-electron chi connectivity index (χ3n) is 3.24. The minimum Gasteiger partial charge on any atom is -0.478 e. The topological polar surface area (TPSA) is 53.4 Å². The Balaban J connectivity index is 2.25. The van der Waals surface area contributed by atoms with Crippen LogP contribution in [0.15, 0.2) is 12.1 Å². The van der Waals surface area contributed by atoms with Crippen LogP contribution in [0.1, 0.15) is 23.2 Å². The molecule has 0 amide bonds. The van der Waals surface area contributed by atoms with E-state index in [1.54, 1.807) is 0 Å². The average Bonchev–Trinajstić information content (AvgIpc) is 2.37. The first-order valence-corrected chi connectivity index (χ1v) is 6.37. The summed E-state index contributed by atoms with van der Waals surface area (Å²) in [5.41, 5.74) is -0.0888. The highest BCUT2D eigenvalue weighted by Crippen LogP contribution is 2.34. The molecule has 1 atom stereocenters. The van der Waals surface area contributed by atoms with Crippen molar-refractivity contribution < 1.29 is 23.1 Å². The predicted octanol–water partition coefficient (Wildman–Crippen LogP) is 3.21. The van der Waals surface area contributed by atoms with Gasteiger partial charge in [0.05, 0.1) is 11.5 Å². The van der Waals surface area contributed by atoms with Crippen molar-refractivity contribution in [1.29, 1.82) is 0 Å². The Bertz CT molecular complexity index is 522. The van der Waals surface area contributed by atoms with Gasteiger partial charge in [-0.25, -0.2) is 9.78 Å². The number of rotatable bonds is 2. The summed E-state index contributed by atoms with van der Waals surface area (Å²) >= 11 is 5.72. The summed E-state index contributed by atoms with van der Waals surface area (Å²) in [6.45, 7) is 0.175. The Labute approximate surface area is 118 Å². The molecule has 1 saturated heterocycles. The molecule has 0 aliphatic carbocycles. The lowest BCUT2D eigenvalue weighted by Crippen LogP contribution is -2.42. The number of carboxylic acids is 1. The number of aromatic carboxylic acids is 1. The Morgan fingerprint density at radius 1 is 1.45 bits per heavy atom. The molecule has 2 heterocycles. The van der Waals surface area contributed by atoms with E-state index in [4.69, 9.17) is 16.7 Å². The Kier molecular flexibility index (Phi) is 4.08. The first-order chi connectivity index (χ1) is 9.27. The average molecular weight is 309 g/mol. The SMILES string of the molecule is O=C(O)c1cc(Cl)nc(N2CCCC(C(F)(F)F)C2)c1. The summed E-state index contributed by atoms with van der Waals surface area (Å²) in [5.74, 6) is -2.45. The van der Waals surface area contributed by atoms with Crippen molar-refractivity contribution in [3.05, 3.63) is 22.8 Å². The summed E-state index contributed by atoms with van der Waals surface area (Å²) in [7, 11) is 0. The number of alkyl halides is 3. The van der Waals surface area contributed by atoms with Crippen LogP contribution in [0.5, 0.6) is 0 Å². The highest BCUT2D eigenvalue weighted by Gasteiger charge is 2.42. The van der Waals surface area contributed by atoms with Crippen LogP contribution in [0.3, 0.4) is 0 Å². The third-order valence-corrected chi connectivity index (χ3v) is 3.43. The molecule has 0 saturated carbocycles. The number of hydrogen-bond donors (Lipinski definition) is 1. The van der Waals surface area contributed by atoms with Gasteiger partial charge >= 0.3 is 12.1 Å². The Morgan fingerprint density at radius 2 is 2.15 bits per heavy atom. The minimum atomic E-state index is -4.26. The van der Waals surface area contributed by atoms with Crippen molar-refractivity contribution in [3.63, 3.8) is 0 Å². The lowest BCUT2D eigenvalue weighted by molar-refractivity contribution is -0.176. The monoisotopic (exact) mass is 308 g/mol. The summed E-state index contributed by atoms with van der Waals surface area (Å²) in [4.78, 5) is 16.3. The summed E-state index contributed by atoms with van der Waals surface area (Å²) in [5, 5.41) is 8.88. The Morgan fingerprint density at radius 3 is 2.75 bits per heavy atom. The fourth-order valence-electron chi connectivity index (χ4n) is 2.22. The van der Waals surface area contributed by atoms with Crippen LogP contribution in [0.2, 0.25) is 5.15 Å². The number of hydrogen-bond acceptors (Lipinski definition) is 3. The molecule has 1 unspecified atom stereocenters. The van der Waals surface area contributed by atoms with Gasteiger partial charge in [-0.15, -0.1) is 0 Å². The fourth-order valence-corrected chi connectivity index (χ4v) is 2.43. The van der Waals surface area contributed by atoms with E-state index in [-0.39, 0.29) is 29.5 Å². The molecule has 4 nitrogen and oxygen atoms in total. The number of piperidine rings is 1. The van der Waals surface area contributed by atoms with Gasteiger partial charge in [-0.05, 0) is 25.0 Å². The number of halogens is 4. The largest absolute Gasteiger partial charge is 0.478 e. The summed E-state index contributed by atoms with van der Waals surface area (Å²) in [6.07, 6.45) is -3.81. The molecule has 1 aromatic heterocycles. The second-order valence-electron chi connectivity index (χ2n) is 4.67. The quantitative estimate of drug-likeness (QED) is 0.852. The van der Waals surface area contributed by atoms with Crippen LogP contribution in [-0.4, -0.2) is 35.3 Å². The number of nitrogens with zero attached hydrogens (tertiary/aromatic N) is 2. The second kappa shape index (κ2) is 5.47. The van der Waals surface area contributed by atoms with Crippen LogP contribution in [-0.2, 0) is 0 Å². The van der Waals surface area contributed by atoms with Crippen LogP contribution in [0.4, 0.5) is 19.0 Å². The van der Waals surface area contributed by atoms with Crippen molar-refractivity contribution in [2.75, 3.05) is 18.0 Å². The molecule has 1 aliphatic heterocycles. The van der Waals surface area contributed by atoms with Gasteiger partial charge in [-0.3, -0.25) is 0 Å². The second-order valence-corrected chi connectivity index (χ2v) is 5.06. The third kappa shape index (κ3) is 3.33. The van der Waals surface area contributed by atoms with E-state index in [0.29, 0.717) is 13.0 Å². The van der Waals surface area contributed by atoms with Crippen LogP contribution in [0.25, 0.3) is 0 Å². The standard InChI is InChI=1S/C12H12ClF3N2O2/c13-9-4-7(11(19)20)5-10(17-9)18-3-1-2-8(6-18)12(14,15)16/h4-5,8H,1-3,6H2,(H,19,20). The number of aromatic nitrogens is 1. The maximum atomic E-state index is 12.7. The summed E-state index contributed by atoms with van der Waals surface area (Å²) < 4.78 is 38.2. The molecule has 0 spiro atoms. The molecule has 110 valence electrons. The van der Waals surface area contributed by atoms with E-state index in [1.165, 1.54) is 17.0 Å². The number of pyridine rings is 1. The van der Waals surface area contributed by atoms with Gasteiger partial charge in [0.1, 0.15) is 11.0 Å². The zero-order chi connectivity index (χ0) is 14.9. The van der Waals surface area contributed by atoms with Crippen molar-refractivity contribution in [2.24, 2.45) is 5.92 Å². The highest BCUT2D eigenvalue weighted by molar-refractivity contribution is 6.29. The molecule has 1 N–H and O–H groups in total. The van der Waals surface area contributed by atoms with Crippen LogP contribution in [0, 0.1) is 5.92 Å². The normalized spacial score (nSPS) is 20.0. The van der Waals surface area contributed by atoms with Gasteiger partial charge < -0.3 is 10.0 Å². The lowest BCUT2D eigenvalue weighted by Gasteiger charge is -2.34. The van der Waals surface area contributed by atoms with E-state index in [2.05, 4.69) is 4.98 Å². The molecule has 2 rings (SSSR count). The maximum absolute atomic E-state index is 12.7. The first-order valence-electron chi connectivity index (χ1n) is 6.00. The molecule has 1 fully saturated rings. The predicted molar refractivity (Wildman–Crippen MR) is 67.2 cm³/mol. The molecule has 0 bridgehead atoms. The van der Waals surface area contributed by atoms with Gasteiger partial charge in [0, 0.05) is 13.1 Å². The molecule has 0 aromatic carbocycles. The zero-order valence-corrected chi connectivity index (χ0v) is 11.1. The summed E-state index contributed by atoms with van der Waals surface area (Å²) in [6, 6.07) is 2.41. The van der Waals surface area contributed by atoms with Crippen molar-refractivity contribution in [2.45, 2.75) is 19.0 Å². The van der Waals surface area contributed by atoms with E-state index < -0.39 is 18.1 Å². The lowest BCUT2D eigenvalue weighted by atomic mass is 9.97. The number of anilines is 1. The smallest absolute Gasteiger partial charge is 0.393 e. The van der Waals surface area contributed by atoms with Crippen molar-refractivity contribution in [1.82, 2.24) is 4.98 Å².